The van der Waals surface area contributed by atoms with Gasteiger partial charge in [0.25, 0.3) is 5.78 Å². The first kappa shape index (κ1) is 27.3. The Balaban J connectivity index is 0. The van der Waals surface area contributed by atoms with Crippen LogP contribution in [0.2, 0.25) is 0 Å². The quantitative estimate of drug-likeness (QED) is 0.405. The zero-order valence-corrected chi connectivity index (χ0v) is 16.3. The number of carbonyl (C=O) groups excluding carboxylic acids is 4. The molecule has 0 amide bonds. The Labute approximate surface area is 160 Å². The number of Topliss-reactive ketones (excluding diaryl/α,β-unsaturated/α-hetero) is 1. The third-order valence-corrected chi connectivity index (χ3v) is 2.83. The summed E-state index contributed by atoms with van der Waals surface area (Å²) in [6, 6.07) is 0. The van der Waals surface area contributed by atoms with Gasteiger partial charge in [0.05, 0.1) is 25.2 Å². The molecule has 0 bridgehead atoms. The van der Waals surface area contributed by atoms with Crippen molar-refractivity contribution in [2.75, 3.05) is 13.2 Å². The summed E-state index contributed by atoms with van der Waals surface area (Å²) in [7, 11) is 1.77. The lowest BCUT2D eigenvalue weighted by Crippen LogP contribution is -2.24. The lowest BCUT2D eigenvalue weighted by molar-refractivity contribution is -0.191. The maximum atomic E-state index is 11.9. The second kappa shape index (κ2) is 14.2. The van der Waals surface area contributed by atoms with Crippen LogP contribution in [0.4, 0.5) is 13.2 Å². The van der Waals surface area contributed by atoms with Crippen LogP contribution in [0.1, 0.15) is 43.2 Å². The summed E-state index contributed by atoms with van der Waals surface area (Å²) in [6.07, 6.45) is -2.01. The van der Waals surface area contributed by atoms with Gasteiger partial charge < -0.3 is 9.47 Å². The number of esters is 1. The molecule has 11 heteroatoms. The molecule has 0 aliphatic heterocycles. The van der Waals surface area contributed by atoms with Crippen LogP contribution in [0.25, 0.3) is 0 Å². The third kappa shape index (κ3) is 10.9. The normalized spacial score (nSPS) is 10.5. The molecule has 0 fully saturated rings. The molecule has 28 heavy (non-hydrogen) atoms. The predicted molar refractivity (Wildman–Crippen MR) is 90.0 cm³/mol. The smallest absolute Gasteiger partial charge is 0.454 e. The first-order chi connectivity index (χ1) is 13.0. The van der Waals surface area contributed by atoms with E-state index in [1.54, 1.807) is 38.7 Å². The molecule has 0 saturated heterocycles. The second-order valence-electron chi connectivity index (χ2n) is 4.88. The van der Waals surface area contributed by atoms with E-state index in [-0.39, 0.29) is 30.7 Å². The molecule has 1 rings (SSSR count). The zero-order chi connectivity index (χ0) is 22.3. The van der Waals surface area contributed by atoms with E-state index in [4.69, 9.17) is 14.3 Å². The van der Waals surface area contributed by atoms with E-state index < -0.39 is 12.0 Å². The highest BCUT2D eigenvalue weighted by Gasteiger charge is 2.40. The maximum absolute atomic E-state index is 11.9. The van der Waals surface area contributed by atoms with Crippen LogP contribution in [0, 0.1) is 6.92 Å². The van der Waals surface area contributed by atoms with Crippen molar-refractivity contribution < 1.29 is 41.8 Å². The Kier molecular flexibility index (Phi) is 13.8. The maximum Gasteiger partial charge on any atom is 0.454 e. The van der Waals surface area contributed by atoms with E-state index >= 15 is 0 Å². The highest BCUT2D eigenvalue weighted by atomic mass is 19.4. The van der Waals surface area contributed by atoms with Crippen molar-refractivity contribution in [3.05, 3.63) is 29.3 Å². The molecule has 1 aromatic heterocycles. The summed E-state index contributed by atoms with van der Waals surface area (Å²) < 4.78 is 46.7. The SMILES string of the molecule is CCO/C=C(\CC)C(=O)C(F)(F)F.CCOC(=O)c1cn(C)nc1C.O=C=O. The average molecular weight is 408 g/mol. The number of carbonyl (C=O) groups is 2. The van der Waals surface area contributed by atoms with E-state index in [2.05, 4.69) is 9.84 Å². The first-order valence-corrected chi connectivity index (χ1v) is 8.08. The number of aromatic nitrogens is 2. The molecule has 158 valence electrons. The fraction of sp³-hybridized carbons (Fsp3) is 0.529. The van der Waals surface area contributed by atoms with Crippen LogP contribution in [-0.4, -0.2) is 47.1 Å². The molecular weight excluding hydrogens is 385 g/mol. The van der Waals surface area contributed by atoms with Crippen molar-refractivity contribution in [2.45, 2.75) is 40.3 Å². The van der Waals surface area contributed by atoms with Gasteiger partial charge in [0.15, 0.2) is 0 Å². The molecule has 8 nitrogen and oxygen atoms in total. The standard InChI is InChI=1S/C8H11F3O2.C8H12N2O2.CO2/c1-3-6(5-13-4-2)7(12)8(9,10)11;1-4-12-8(11)7-5-10(3)9-6(7)2;2-1-3/h5H,3-4H2,1-2H3;5H,4H2,1-3H3;/b6-5+;;. The number of hydrogen-bond acceptors (Lipinski definition) is 7. The summed E-state index contributed by atoms with van der Waals surface area (Å²) in [6.45, 7) is 7.30. The van der Waals surface area contributed by atoms with Crippen LogP contribution >= 0.6 is 0 Å². The fourth-order valence-electron chi connectivity index (χ4n) is 1.67. The van der Waals surface area contributed by atoms with Crippen molar-refractivity contribution in [3.63, 3.8) is 0 Å². The number of allylic oxidation sites excluding steroid dienone is 1. The van der Waals surface area contributed by atoms with Gasteiger partial charge >= 0.3 is 18.3 Å². The van der Waals surface area contributed by atoms with Crippen LogP contribution in [0.5, 0.6) is 0 Å². The first-order valence-electron chi connectivity index (χ1n) is 8.08. The molecule has 0 radical (unpaired) electrons. The van der Waals surface area contributed by atoms with E-state index in [1.807, 2.05) is 0 Å². The largest absolute Gasteiger partial charge is 0.501 e. The summed E-state index contributed by atoms with van der Waals surface area (Å²) in [5.74, 6) is -2.13. The number of alkyl halides is 3. The molecule has 1 heterocycles. The topological polar surface area (TPSA) is 105 Å². The summed E-state index contributed by atoms with van der Waals surface area (Å²) in [4.78, 5) is 38.1. The van der Waals surface area contributed by atoms with Gasteiger partial charge in [-0.05, 0) is 27.2 Å². The van der Waals surface area contributed by atoms with E-state index in [1.165, 1.54) is 6.92 Å². The molecule has 0 saturated carbocycles. The molecule has 0 aromatic carbocycles. The van der Waals surface area contributed by atoms with Gasteiger partial charge in [-0.1, -0.05) is 6.92 Å². The number of halogens is 3. The van der Waals surface area contributed by atoms with Gasteiger partial charge in [-0.25, -0.2) is 4.79 Å². The Bertz CT molecular complexity index is 690. The van der Waals surface area contributed by atoms with Crippen LogP contribution < -0.4 is 0 Å². The second-order valence-corrected chi connectivity index (χ2v) is 4.88. The van der Waals surface area contributed by atoms with Crippen molar-refractivity contribution in [1.82, 2.24) is 9.78 Å². The highest BCUT2D eigenvalue weighted by Crippen LogP contribution is 2.22. The molecule has 0 unspecified atom stereocenters. The van der Waals surface area contributed by atoms with Crippen molar-refractivity contribution in [1.29, 1.82) is 0 Å². The van der Waals surface area contributed by atoms with Crippen LogP contribution in [0.3, 0.4) is 0 Å². The Hall–Kier alpha value is -2.94. The van der Waals surface area contributed by atoms with Gasteiger partial charge in [0.2, 0.25) is 0 Å². The average Bonchev–Trinajstić information content (AvgIpc) is 2.94. The molecule has 0 aliphatic carbocycles. The summed E-state index contributed by atoms with van der Waals surface area (Å²) in [5.41, 5.74) is 0.893. The van der Waals surface area contributed by atoms with Crippen molar-refractivity contribution >= 4 is 17.9 Å². The highest BCUT2D eigenvalue weighted by molar-refractivity contribution is 5.99. The van der Waals surface area contributed by atoms with E-state index in [0.29, 0.717) is 17.9 Å². The molecule has 0 atom stereocenters. The van der Waals surface area contributed by atoms with Gasteiger partial charge in [-0.2, -0.15) is 27.9 Å². The van der Waals surface area contributed by atoms with Gasteiger partial charge in [0.1, 0.15) is 5.56 Å². The number of ether oxygens (including phenoxy) is 2. The van der Waals surface area contributed by atoms with Gasteiger partial charge in [-0.15, -0.1) is 0 Å². The van der Waals surface area contributed by atoms with Crippen LogP contribution in [-0.2, 0) is 30.9 Å². The monoisotopic (exact) mass is 408 g/mol. The van der Waals surface area contributed by atoms with Crippen LogP contribution in [0.15, 0.2) is 18.0 Å². The Morgan fingerprint density at radius 2 is 1.75 bits per heavy atom. The number of hydrogen-bond donors (Lipinski definition) is 0. The lowest BCUT2D eigenvalue weighted by Gasteiger charge is -2.06. The molecule has 0 aliphatic rings. The molecule has 0 N–H and O–H groups in total. The van der Waals surface area contributed by atoms with E-state index in [9.17, 15) is 22.8 Å². The van der Waals surface area contributed by atoms with Gasteiger partial charge in [-0.3, -0.25) is 9.48 Å². The Morgan fingerprint density at radius 3 is 2.07 bits per heavy atom. The summed E-state index contributed by atoms with van der Waals surface area (Å²) in [5, 5.41) is 4.03. The minimum absolute atomic E-state index is 0.0122. The number of aryl methyl sites for hydroxylation is 2. The number of nitrogens with zero attached hydrogens (tertiary/aromatic N) is 2. The zero-order valence-electron chi connectivity index (χ0n) is 16.3. The Morgan fingerprint density at radius 1 is 1.21 bits per heavy atom. The summed E-state index contributed by atoms with van der Waals surface area (Å²) >= 11 is 0. The number of ketones is 1. The van der Waals surface area contributed by atoms with E-state index in [0.717, 1.165) is 6.26 Å². The molecule has 0 spiro atoms. The predicted octanol–water partition coefficient (Wildman–Crippen LogP) is 2.77. The molecular formula is C17H23F3N2O6. The number of rotatable bonds is 6. The minimum Gasteiger partial charge on any atom is -0.501 e. The third-order valence-electron chi connectivity index (χ3n) is 2.83. The van der Waals surface area contributed by atoms with Crippen molar-refractivity contribution in [3.8, 4) is 0 Å². The van der Waals surface area contributed by atoms with Gasteiger partial charge in [0, 0.05) is 18.8 Å². The lowest BCUT2D eigenvalue weighted by atomic mass is 10.1. The fourth-order valence-corrected chi connectivity index (χ4v) is 1.67. The van der Waals surface area contributed by atoms with Crippen molar-refractivity contribution in [2.24, 2.45) is 7.05 Å². The molecule has 1 aromatic rings. The minimum atomic E-state index is -4.81.